The lowest BCUT2D eigenvalue weighted by atomic mass is 10.1. The van der Waals surface area contributed by atoms with E-state index in [1.807, 2.05) is 38.1 Å². The summed E-state index contributed by atoms with van der Waals surface area (Å²) in [6.07, 6.45) is 4.14. The maximum Gasteiger partial charge on any atom is 0.225 e. The van der Waals surface area contributed by atoms with Gasteiger partial charge in [0.1, 0.15) is 5.82 Å². The first-order valence-electron chi connectivity index (χ1n) is 9.19. The lowest BCUT2D eigenvalue weighted by Crippen LogP contribution is -2.30. The molecular formula is C19H27N5O2. The third-order valence-corrected chi connectivity index (χ3v) is 4.50. The zero-order valence-corrected chi connectivity index (χ0v) is 15.4. The standard InChI is InChI=1S/C19H27N5O2/c1-13(2)17(12-25)23-19-22-16(15-7-3-4-8-20-15)10-18(24-19)21-11-14-6-5-9-26-14/h3-4,7-8,10,13-14,17,25H,5-6,9,11-12H2,1-2H3,(H2,21,22,23,24)/t14-,17-/m0/s1. The van der Waals surface area contributed by atoms with Gasteiger partial charge in [0.2, 0.25) is 5.95 Å². The summed E-state index contributed by atoms with van der Waals surface area (Å²) in [4.78, 5) is 13.5. The molecule has 2 atom stereocenters. The summed E-state index contributed by atoms with van der Waals surface area (Å²) in [5.41, 5.74) is 1.52. The number of anilines is 2. The molecule has 3 heterocycles. The van der Waals surface area contributed by atoms with Crippen molar-refractivity contribution in [3.05, 3.63) is 30.5 Å². The first-order chi connectivity index (χ1) is 12.7. The second kappa shape index (κ2) is 8.91. The van der Waals surface area contributed by atoms with E-state index in [1.54, 1.807) is 6.20 Å². The Morgan fingerprint density at radius 2 is 2.15 bits per heavy atom. The zero-order valence-electron chi connectivity index (χ0n) is 15.4. The molecule has 0 spiro atoms. The molecule has 3 N–H and O–H groups in total. The Morgan fingerprint density at radius 3 is 2.81 bits per heavy atom. The number of hydrogen-bond acceptors (Lipinski definition) is 7. The minimum absolute atomic E-state index is 0.0213. The topological polar surface area (TPSA) is 92.2 Å². The summed E-state index contributed by atoms with van der Waals surface area (Å²) in [5, 5.41) is 16.2. The monoisotopic (exact) mass is 357 g/mol. The third kappa shape index (κ3) is 4.89. The van der Waals surface area contributed by atoms with Gasteiger partial charge in [0, 0.05) is 25.4 Å². The maximum absolute atomic E-state index is 9.60. The highest BCUT2D eigenvalue weighted by Crippen LogP contribution is 2.21. The molecule has 1 aliphatic heterocycles. The molecule has 0 aliphatic carbocycles. The summed E-state index contributed by atoms with van der Waals surface area (Å²) in [7, 11) is 0. The number of ether oxygens (including phenoxy) is 1. The Hall–Kier alpha value is -2.25. The molecule has 1 fully saturated rings. The second-order valence-corrected chi connectivity index (χ2v) is 6.87. The van der Waals surface area contributed by atoms with Crippen LogP contribution in [0.15, 0.2) is 30.5 Å². The molecule has 0 saturated carbocycles. The molecular weight excluding hydrogens is 330 g/mol. The molecule has 1 saturated heterocycles. The normalized spacial score (nSPS) is 18.1. The van der Waals surface area contributed by atoms with E-state index in [0.29, 0.717) is 12.5 Å². The number of nitrogens with zero attached hydrogens (tertiary/aromatic N) is 3. The summed E-state index contributed by atoms with van der Waals surface area (Å²) in [5.74, 6) is 1.46. The van der Waals surface area contributed by atoms with Gasteiger partial charge in [-0.05, 0) is 30.9 Å². The van der Waals surface area contributed by atoms with Gasteiger partial charge in [-0.2, -0.15) is 4.98 Å². The predicted octanol–water partition coefficient (Wildman–Crippen LogP) is 2.56. The second-order valence-electron chi connectivity index (χ2n) is 6.87. The molecule has 0 bridgehead atoms. The van der Waals surface area contributed by atoms with Crippen LogP contribution in [0.4, 0.5) is 11.8 Å². The molecule has 26 heavy (non-hydrogen) atoms. The van der Waals surface area contributed by atoms with Crippen LogP contribution in [0.1, 0.15) is 26.7 Å². The Kier molecular flexibility index (Phi) is 6.35. The minimum Gasteiger partial charge on any atom is -0.394 e. The molecule has 2 aromatic rings. The Bertz CT molecular complexity index is 690. The Balaban J connectivity index is 1.83. The average molecular weight is 357 g/mol. The third-order valence-electron chi connectivity index (χ3n) is 4.50. The van der Waals surface area contributed by atoms with Crippen LogP contribution < -0.4 is 10.6 Å². The van der Waals surface area contributed by atoms with Crippen molar-refractivity contribution >= 4 is 11.8 Å². The van der Waals surface area contributed by atoms with E-state index in [9.17, 15) is 5.11 Å². The minimum atomic E-state index is -0.111. The molecule has 2 aromatic heterocycles. The molecule has 0 aromatic carbocycles. The fourth-order valence-corrected chi connectivity index (χ4v) is 2.86. The van der Waals surface area contributed by atoms with Crippen molar-refractivity contribution in [3.63, 3.8) is 0 Å². The molecule has 0 unspecified atom stereocenters. The van der Waals surface area contributed by atoms with Crippen molar-refractivity contribution in [3.8, 4) is 11.4 Å². The molecule has 7 heteroatoms. The quantitative estimate of drug-likeness (QED) is 0.668. The first-order valence-corrected chi connectivity index (χ1v) is 9.19. The van der Waals surface area contributed by atoms with Crippen molar-refractivity contribution in [2.45, 2.75) is 38.8 Å². The van der Waals surface area contributed by atoms with Crippen LogP contribution >= 0.6 is 0 Å². The fourth-order valence-electron chi connectivity index (χ4n) is 2.86. The number of aliphatic hydroxyl groups is 1. The number of aliphatic hydroxyl groups excluding tert-OH is 1. The SMILES string of the molecule is CC(C)[C@H](CO)Nc1nc(NC[C@@H]2CCCO2)cc(-c2ccccn2)n1. The molecule has 0 radical (unpaired) electrons. The van der Waals surface area contributed by atoms with Crippen molar-refractivity contribution < 1.29 is 9.84 Å². The van der Waals surface area contributed by atoms with Crippen LogP contribution in [0.25, 0.3) is 11.4 Å². The van der Waals surface area contributed by atoms with Crippen molar-refractivity contribution in [1.82, 2.24) is 15.0 Å². The predicted molar refractivity (Wildman–Crippen MR) is 102 cm³/mol. The number of rotatable bonds is 8. The Morgan fingerprint density at radius 1 is 1.27 bits per heavy atom. The lowest BCUT2D eigenvalue weighted by molar-refractivity contribution is 0.120. The number of hydrogen-bond donors (Lipinski definition) is 3. The highest BCUT2D eigenvalue weighted by atomic mass is 16.5. The van der Waals surface area contributed by atoms with Gasteiger partial charge in [-0.25, -0.2) is 4.98 Å². The van der Waals surface area contributed by atoms with Crippen molar-refractivity contribution in [2.75, 3.05) is 30.4 Å². The van der Waals surface area contributed by atoms with E-state index in [4.69, 9.17) is 4.74 Å². The number of pyridine rings is 1. The smallest absolute Gasteiger partial charge is 0.225 e. The Labute approximate surface area is 154 Å². The highest BCUT2D eigenvalue weighted by Gasteiger charge is 2.17. The number of aromatic nitrogens is 3. The molecule has 140 valence electrons. The summed E-state index contributed by atoms with van der Waals surface area (Å²) >= 11 is 0. The van der Waals surface area contributed by atoms with Gasteiger partial charge in [-0.15, -0.1) is 0 Å². The maximum atomic E-state index is 9.60. The summed E-state index contributed by atoms with van der Waals surface area (Å²) in [6, 6.07) is 7.51. The van der Waals surface area contributed by atoms with Crippen LogP contribution in [0.3, 0.4) is 0 Å². The van der Waals surface area contributed by atoms with E-state index >= 15 is 0 Å². The lowest BCUT2D eigenvalue weighted by Gasteiger charge is -2.21. The molecule has 0 amide bonds. The molecule has 3 rings (SSSR count). The van der Waals surface area contributed by atoms with E-state index in [0.717, 1.165) is 36.7 Å². The van der Waals surface area contributed by atoms with Gasteiger partial charge in [0.15, 0.2) is 0 Å². The van der Waals surface area contributed by atoms with Gasteiger partial charge in [0.25, 0.3) is 0 Å². The zero-order chi connectivity index (χ0) is 18.4. The van der Waals surface area contributed by atoms with Crippen LogP contribution in [-0.2, 0) is 4.74 Å². The van der Waals surface area contributed by atoms with Crippen LogP contribution in [0, 0.1) is 5.92 Å². The molecule has 7 nitrogen and oxygen atoms in total. The van der Waals surface area contributed by atoms with Crippen molar-refractivity contribution in [2.24, 2.45) is 5.92 Å². The van der Waals surface area contributed by atoms with Crippen LogP contribution in [-0.4, -0.2) is 52.0 Å². The van der Waals surface area contributed by atoms with Gasteiger partial charge >= 0.3 is 0 Å². The van der Waals surface area contributed by atoms with Crippen LogP contribution in [0.5, 0.6) is 0 Å². The van der Waals surface area contributed by atoms with Gasteiger partial charge in [-0.1, -0.05) is 19.9 Å². The van der Waals surface area contributed by atoms with Crippen LogP contribution in [0.2, 0.25) is 0 Å². The fraction of sp³-hybridized carbons (Fsp3) is 0.526. The van der Waals surface area contributed by atoms with Gasteiger partial charge in [0.05, 0.1) is 30.1 Å². The van der Waals surface area contributed by atoms with Gasteiger partial charge in [-0.3, -0.25) is 4.98 Å². The van der Waals surface area contributed by atoms with E-state index in [-0.39, 0.29) is 24.7 Å². The highest BCUT2D eigenvalue weighted by molar-refractivity contribution is 5.61. The molecule has 1 aliphatic rings. The van der Waals surface area contributed by atoms with E-state index in [2.05, 4.69) is 25.6 Å². The van der Waals surface area contributed by atoms with E-state index in [1.165, 1.54) is 0 Å². The first kappa shape index (κ1) is 18.5. The van der Waals surface area contributed by atoms with Gasteiger partial charge < -0.3 is 20.5 Å². The summed E-state index contributed by atoms with van der Waals surface area (Å²) < 4.78 is 5.67. The average Bonchev–Trinajstić information content (AvgIpc) is 3.18. The van der Waals surface area contributed by atoms with Crippen molar-refractivity contribution in [1.29, 1.82) is 0 Å². The number of nitrogens with one attached hydrogen (secondary N) is 2. The summed E-state index contributed by atoms with van der Waals surface area (Å²) in [6.45, 7) is 5.66. The van der Waals surface area contributed by atoms with E-state index < -0.39 is 0 Å². The largest absolute Gasteiger partial charge is 0.394 e.